The fraction of sp³-hybridized carbons (Fsp3) is 0.393. The summed E-state index contributed by atoms with van der Waals surface area (Å²) in [6.45, 7) is 2.24. The molecule has 2 atom stereocenters. The number of piperidine rings is 1. The van der Waals surface area contributed by atoms with E-state index in [2.05, 4.69) is 45.9 Å². The maximum Gasteiger partial charge on any atom is 0.319 e. The van der Waals surface area contributed by atoms with Gasteiger partial charge >= 0.3 is 6.03 Å². The maximum atomic E-state index is 12.8. The summed E-state index contributed by atoms with van der Waals surface area (Å²) in [5, 5.41) is 9.44. The van der Waals surface area contributed by atoms with E-state index in [0.717, 1.165) is 47.9 Å². The quantitative estimate of drug-likeness (QED) is 0.456. The van der Waals surface area contributed by atoms with Gasteiger partial charge in [0.2, 0.25) is 0 Å². The van der Waals surface area contributed by atoms with E-state index in [1.54, 1.807) is 0 Å². The molecule has 1 aliphatic heterocycles. The van der Waals surface area contributed by atoms with Crippen LogP contribution < -0.4 is 10.6 Å². The molecule has 2 aliphatic rings. The standard InChI is InChI=1S/C28H32ClN3O/c29-24-11-8-20(9-12-24)18-21-14-16-32(17-15-21)27-7-3-6-26(27)31-28(33)30-25-13-10-22-4-1-2-5-23(22)19-25/h1-2,4-5,8-13,19,21,26-27H,3,6-7,14-18H2,(H2,30,31,33). The molecule has 172 valence electrons. The molecule has 3 aromatic carbocycles. The highest BCUT2D eigenvalue weighted by Crippen LogP contribution is 2.30. The van der Waals surface area contributed by atoms with E-state index in [9.17, 15) is 4.79 Å². The summed E-state index contributed by atoms with van der Waals surface area (Å²) in [6, 6.07) is 23.1. The Hall–Kier alpha value is -2.56. The van der Waals surface area contributed by atoms with Gasteiger partial charge in [-0.05, 0) is 98.1 Å². The number of carbonyl (C=O) groups excluding carboxylic acids is 1. The van der Waals surface area contributed by atoms with Crippen molar-refractivity contribution in [1.82, 2.24) is 10.2 Å². The van der Waals surface area contributed by atoms with Crippen molar-refractivity contribution in [1.29, 1.82) is 0 Å². The van der Waals surface area contributed by atoms with Crippen LogP contribution in [0.5, 0.6) is 0 Å². The van der Waals surface area contributed by atoms with Crippen LogP contribution in [0.3, 0.4) is 0 Å². The Kier molecular flexibility index (Phi) is 6.84. The van der Waals surface area contributed by atoms with E-state index in [1.165, 1.54) is 36.6 Å². The molecule has 1 aliphatic carbocycles. The Bertz CT molecular complexity index is 1090. The summed E-state index contributed by atoms with van der Waals surface area (Å²) >= 11 is 6.02. The lowest BCUT2D eigenvalue weighted by atomic mass is 9.89. The lowest BCUT2D eigenvalue weighted by Gasteiger charge is -2.38. The molecule has 5 heteroatoms. The topological polar surface area (TPSA) is 44.4 Å². The largest absolute Gasteiger partial charge is 0.334 e. The maximum absolute atomic E-state index is 12.8. The van der Waals surface area contributed by atoms with Crippen molar-refractivity contribution in [3.63, 3.8) is 0 Å². The fourth-order valence-electron chi connectivity index (χ4n) is 5.59. The average Bonchev–Trinajstić information content (AvgIpc) is 3.29. The molecule has 2 unspecified atom stereocenters. The van der Waals surface area contributed by atoms with Gasteiger partial charge < -0.3 is 10.6 Å². The van der Waals surface area contributed by atoms with Crippen LogP contribution in [0.1, 0.15) is 37.7 Å². The molecule has 0 bridgehead atoms. The van der Waals surface area contributed by atoms with Crippen LogP contribution in [-0.2, 0) is 6.42 Å². The van der Waals surface area contributed by atoms with Crippen molar-refractivity contribution in [2.45, 2.75) is 50.6 Å². The first-order chi connectivity index (χ1) is 16.1. The molecule has 0 spiro atoms. The molecule has 5 rings (SSSR count). The predicted octanol–water partition coefficient (Wildman–Crippen LogP) is 6.49. The highest BCUT2D eigenvalue weighted by Gasteiger charge is 2.35. The summed E-state index contributed by atoms with van der Waals surface area (Å²) in [7, 11) is 0. The van der Waals surface area contributed by atoms with E-state index in [1.807, 2.05) is 36.4 Å². The average molecular weight is 462 g/mol. The van der Waals surface area contributed by atoms with Crippen molar-refractivity contribution in [3.8, 4) is 0 Å². The highest BCUT2D eigenvalue weighted by atomic mass is 35.5. The number of carbonyl (C=O) groups is 1. The molecule has 0 aromatic heterocycles. The molecule has 1 saturated carbocycles. The second-order valence-electron chi connectivity index (χ2n) is 9.58. The molecule has 2 N–H and O–H groups in total. The molecule has 2 fully saturated rings. The molecule has 3 aromatic rings. The zero-order valence-electron chi connectivity index (χ0n) is 19.0. The summed E-state index contributed by atoms with van der Waals surface area (Å²) in [4.78, 5) is 15.4. The minimum absolute atomic E-state index is 0.0974. The van der Waals surface area contributed by atoms with Crippen LogP contribution in [0.2, 0.25) is 5.02 Å². The number of benzene rings is 3. The second-order valence-corrected chi connectivity index (χ2v) is 10.0. The first kappa shape index (κ1) is 22.2. The number of likely N-dealkylation sites (tertiary alicyclic amines) is 1. The van der Waals surface area contributed by atoms with Gasteiger partial charge in [0.25, 0.3) is 0 Å². The van der Waals surface area contributed by atoms with Gasteiger partial charge in [-0.3, -0.25) is 4.90 Å². The molecule has 4 nitrogen and oxygen atoms in total. The minimum atomic E-state index is -0.0974. The molecule has 0 radical (unpaired) electrons. The van der Waals surface area contributed by atoms with Crippen LogP contribution in [0.15, 0.2) is 66.7 Å². The molecule has 33 heavy (non-hydrogen) atoms. The second kappa shape index (κ2) is 10.1. The lowest BCUT2D eigenvalue weighted by molar-refractivity contribution is 0.119. The summed E-state index contributed by atoms with van der Waals surface area (Å²) in [6.07, 6.45) is 6.97. The first-order valence-electron chi connectivity index (χ1n) is 12.2. The van der Waals surface area contributed by atoms with Crippen LogP contribution in [-0.4, -0.2) is 36.1 Å². The monoisotopic (exact) mass is 461 g/mol. The smallest absolute Gasteiger partial charge is 0.319 e. The van der Waals surface area contributed by atoms with Gasteiger partial charge in [0.1, 0.15) is 0 Å². The van der Waals surface area contributed by atoms with E-state index in [-0.39, 0.29) is 12.1 Å². The Morgan fingerprint density at radius 2 is 1.67 bits per heavy atom. The van der Waals surface area contributed by atoms with E-state index in [4.69, 9.17) is 11.6 Å². The normalized spacial score (nSPS) is 21.8. The summed E-state index contributed by atoms with van der Waals surface area (Å²) in [5.74, 6) is 0.728. The zero-order chi connectivity index (χ0) is 22.6. The Labute approximate surface area is 201 Å². The van der Waals surface area contributed by atoms with Crippen molar-refractivity contribution >= 4 is 34.1 Å². The van der Waals surface area contributed by atoms with Gasteiger partial charge in [-0.1, -0.05) is 54.1 Å². The number of urea groups is 1. The SMILES string of the molecule is O=C(Nc1ccc2ccccc2c1)NC1CCCC1N1CCC(Cc2ccc(Cl)cc2)CC1. The van der Waals surface area contributed by atoms with Crippen LogP contribution in [0.25, 0.3) is 10.8 Å². The molecule has 1 saturated heterocycles. The summed E-state index contributed by atoms with van der Waals surface area (Å²) < 4.78 is 0. The molecular formula is C28H32ClN3O. The number of amides is 2. The van der Waals surface area contributed by atoms with Crippen LogP contribution in [0, 0.1) is 5.92 Å². The van der Waals surface area contributed by atoms with Crippen LogP contribution >= 0.6 is 11.6 Å². The van der Waals surface area contributed by atoms with Crippen molar-refractivity contribution in [2.24, 2.45) is 5.92 Å². The third kappa shape index (κ3) is 5.51. The Balaban J connectivity index is 1.13. The predicted molar refractivity (Wildman–Crippen MR) is 137 cm³/mol. The molecule has 1 heterocycles. The van der Waals surface area contributed by atoms with Gasteiger partial charge in [0, 0.05) is 22.8 Å². The number of anilines is 1. The first-order valence-corrected chi connectivity index (χ1v) is 12.6. The van der Waals surface area contributed by atoms with Gasteiger partial charge in [0.05, 0.1) is 0 Å². The minimum Gasteiger partial charge on any atom is -0.334 e. The van der Waals surface area contributed by atoms with E-state index in [0.29, 0.717) is 6.04 Å². The number of nitrogens with one attached hydrogen (secondary N) is 2. The van der Waals surface area contributed by atoms with Gasteiger partial charge in [-0.15, -0.1) is 0 Å². The van der Waals surface area contributed by atoms with Gasteiger partial charge in [-0.2, -0.15) is 0 Å². The molecular weight excluding hydrogens is 430 g/mol. The van der Waals surface area contributed by atoms with E-state index < -0.39 is 0 Å². The summed E-state index contributed by atoms with van der Waals surface area (Å²) in [5.41, 5.74) is 2.22. The molecule has 2 amide bonds. The third-order valence-electron chi connectivity index (χ3n) is 7.36. The highest BCUT2D eigenvalue weighted by molar-refractivity contribution is 6.30. The lowest BCUT2D eigenvalue weighted by Crippen LogP contribution is -2.52. The Morgan fingerprint density at radius 3 is 2.45 bits per heavy atom. The zero-order valence-corrected chi connectivity index (χ0v) is 19.7. The van der Waals surface area contributed by atoms with Crippen molar-refractivity contribution < 1.29 is 4.79 Å². The van der Waals surface area contributed by atoms with Crippen molar-refractivity contribution in [3.05, 3.63) is 77.3 Å². The fourth-order valence-corrected chi connectivity index (χ4v) is 5.72. The van der Waals surface area contributed by atoms with Gasteiger partial charge in [-0.25, -0.2) is 4.79 Å². The number of rotatable bonds is 5. The number of halogens is 1. The number of nitrogens with zero attached hydrogens (tertiary/aromatic N) is 1. The Morgan fingerprint density at radius 1 is 0.909 bits per heavy atom. The number of hydrogen-bond acceptors (Lipinski definition) is 2. The van der Waals surface area contributed by atoms with E-state index >= 15 is 0 Å². The van der Waals surface area contributed by atoms with Crippen LogP contribution in [0.4, 0.5) is 10.5 Å². The van der Waals surface area contributed by atoms with Crippen molar-refractivity contribution in [2.75, 3.05) is 18.4 Å². The number of hydrogen-bond donors (Lipinski definition) is 2. The number of fused-ring (bicyclic) bond motifs is 1. The van der Waals surface area contributed by atoms with Gasteiger partial charge in [0.15, 0.2) is 0 Å². The third-order valence-corrected chi connectivity index (χ3v) is 7.61.